The number of anilines is 2. The summed E-state index contributed by atoms with van der Waals surface area (Å²) in [6, 6.07) is 6.09. The van der Waals surface area contributed by atoms with Crippen molar-refractivity contribution < 1.29 is 8.78 Å². The minimum atomic E-state index is -0.943. The Kier molecular flexibility index (Phi) is 3.72. The van der Waals surface area contributed by atoms with E-state index in [1.165, 1.54) is 6.07 Å². The summed E-state index contributed by atoms with van der Waals surface area (Å²) in [7, 11) is 0. The number of nitrogens with zero attached hydrogens (tertiary/aromatic N) is 1. The van der Waals surface area contributed by atoms with Crippen molar-refractivity contribution in [1.82, 2.24) is 4.98 Å². The van der Waals surface area contributed by atoms with Gasteiger partial charge >= 0.3 is 0 Å². The van der Waals surface area contributed by atoms with E-state index in [-0.39, 0.29) is 11.4 Å². The molecular weight excluding hydrogens is 236 g/mol. The molecule has 5 heteroatoms. The fraction of sp³-hybridized carbons (Fsp3) is 0.154. The van der Waals surface area contributed by atoms with Gasteiger partial charge in [-0.1, -0.05) is 6.07 Å². The van der Waals surface area contributed by atoms with E-state index < -0.39 is 11.6 Å². The van der Waals surface area contributed by atoms with Crippen molar-refractivity contribution in [2.45, 2.75) is 6.42 Å². The molecule has 0 atom stereocenters. The highest BCUT2D eigenvalue weighted by Gasteiger charge is 2.10. The minimum absolute atomic E-state index is 0.0129. The Morgan fingerprint density at radius 2 is 2.06 bits per heavy atom. The third-order valence-corrected chi connectivity index (χ3v) is 2.57. The molecule has 0 unspecified atom stereocenters. The van der Waals surface area contributed by atoms with Gasteiger partial charge in [-0.3, -0.25) is 4.98 Å². The molecule has 3 nitrogen and oxygen atoms in total. The van der Waals surface area contributed by atoms with Gasteiger partial charge in [-0.15, -0.1) is 0 Å². The van der Waals surface area contributed by atoms with Crippen molar-refractivity contribution >= 4 is 11.4 Å². The summed E-state index contributed by atoms with van der Waals surface area (Å²) in [4.78, 5) is 3.97. The van der Waals surface area contributed by atoms with Gasteiger partial charge in [0.05, 0.1) is 11.4 Å². The SMILES string of the molecule is Nc1ccc(F)c(F)c1NCCc1cccnc1. The molecule has 0 amide bonds. The van der Waals surface area contributed by atoms with Crippen LogP contribution in [0.4, 0.5) is 20.2 Å². The summed E-state index contributed by atoms with van der Waals surface area (Å²) in [5, 5.41) is 2.80. The number of rotatable bonds is 4. The minimum Gasteiger partial charge on any atom is -0.397 e. The van der Waals surface area contributed by atoms with Crippen LogP contribution in [-0.2, 0) is 6.42 Å². The van der Waals surface area contributed by atoms with Gasteiger partial charge in [-0.05, 0) is 30.2 Å². The fourth-order valence-corrected chi connectivity index (χ4v) is 1.62. The maximum Gasteiger partial charge on any atom is 0.183 e. The molecule has 0 spiro atoms. The van der Waals surface area contributed by atoms with Gasteiger partial charge in [0.25, 0.3) is 0 Å². The first-order chi connectivity index (χ1) is 8.68. The number of hydrogen-bond acceptors (Lipinski definition) is 3. The third kappa shape index (κ3) is 2.74. The Bertz CT molecular complexity index is 529. The molecule has 0 aliphatic carbocycles. The molecule has 18 heavy (non-hydrogen) atoms. The van der Waals surface area contributed by atoms with Crippen molar-refractivity contribution in [1.29, 1.82) is 0 Å². The van der Waals surface area contributed by atoms with Crippen LogP contribution in [0.1, 0.15) is 5.56 Å². The third-order valence-electron chi connectivity index (χ3n) is 2.57. The van der Waals surface area contributed by atoms with Crippen LogP contribution in [0.15, 0.2) is 36.7 Å². The number of benzene rings is 1. The molecule has 0 fully saturated rings. The summed E-state index contributed by atoms with van der Waals surface area (Å²) in [5.41, 5.74) is 6.81. The lowest BCUT2D eigenvalue weighted by atomic mass is 10.2. The maximum atomic E-state index is 13.5. The molecule has 94 valence electrons. The van der Waals surface area contributed by atoms with Crippen LogP contribution < -0.4 is 11.1 Å². The first-order valence-corrected chi connectivity index (χ1v) is 5.54. The van der Waals surface area contributed by atoms with E-state index in [1.807, 2.05) is 12.1 Å². The molecule has 0 saturated heterocycles. The van der Waals surface area contributed by atoms with E-state index in [0.717, 1.165) is 11.6 Å². The number of nitrogens with two attached hydrogens (primary N) is 1. The summed E-state index contributed by atoms with van der Waals surface area (Å²) < 4.78 is 26.5. The standard InChI is InChI=1S/C13H13F2N3/c14-10-3-4-11(16)13(12(10)15)18-7-5-9-2-1-6-17-8-9/h1-4,6,8,18H,5,7,16H2. The van der Waals surface area contributed by atoms with Gasteiger partial charge in [-0.25, -0.2) is 8.78 Å². The van der Waals surface area contributed by atoms with Crippen LogP contribution in [0.3, 0.4) is 0 Å². The number of nitrogen functional groups attached to an aromatic ring is 1. The molecule has 0 saturated carbocycles. The van der Waals surface area contributed by atoms with Crippen molar-refractivity contribution in [3.8, 4) is 0 Å². The number of hydrogen-bond donors (Lipinski definition) is 2. The molecule has 0 radical (unpaired) electrons. The van der Waals surface area contributed by atoms with Crippen LogP contribution in [0.5, 0.6) is 0 Å². The van der Waals surface area contributed by atoms with Crippen LogP contribution in [0.2, 0.25) is 0 Å². The zero-order chi connectivity index (χ0) is 13.0. The average Bonchev–Trinajstić information content (AvgIpc) is 2.39. The Morgan fingerprint density at radius 1 is 1.22 bits per heavy atom. The number of nitrogens with one attached hydrogen (secondary N) is 1. The van der Waals surface area contributed by atoms with Crippen molar-refractivity contribution in [3.63, 3.8) is 0 Å². The van der Waals surface area contributed by atoms with Crippen molar-refractivity contribution in [2.75, 3.05) is 17.6 Å². The van der Waals surface area contributed by atoms with Gasteiger partial charge in [0.15, 0.2) is 11.6 Å². The highest BCUT2D eigenvalue weighted by atomic mass is 19.2. The lowest BCUT2D eigenvalue weighted by Gasteiger charge is -2.10. The van der Waals surface area contributed by atoms with E-state index in [0.29, 0.717) is 13.0 Å². The summed E-state index contributed by atoms with van der Waals surface area (Å²) in [6.07, 6.45) is 4.07. The molecular formula is C13H13F2N3. The predicted octanol–water partition coefficient (Wildman–Crippen LogP) is 2.60. The second-order valence-electron chi connectivity index (χ2n) is 3.86. The van der Waals surface area contributed by atoms with Gasteiger partial charge in [0, 0.05) is 18.9 Å². The molecule has 3 N–H and O–H groups in total. The highest BCUT2D eigenvalue weighted by Crippen LogP contribution is 2.24. The number of aromatic nitrogens is 1. The van der Waals surface area contributed by atoms with Gasteiger partial charge < -0.3 is 11.1 Å². The highest BCUT2D eigenvalue weighted by molar-refractivity contribution is 5.66. The lowest BCUT2D eigenvalue weighted by Crippen LogP contribution is -2.09. The van der Waals surface area contributed by atoms with E-state index in [4.69, 9.17) is 5.73 Å². The Labute approximate surface area is 104 Å². The number of pyridine rings is 1. The summed E-state index contributed by atoms with van der Waals surface area (Å²) in [5.74, 6) is -1.85. The molecule has 2 rings (SSSR count). The van der Waals surface area contributed by atoms with E-state index in [1.54, 1.807) is 12.4 Å². The summed E-state index contributed by atoms with van der Waals surface area (Å²) >= 11 is 0. The molecule has 1 aromatic carbocycles. The zero-order valence-electron chi connectivity index (χ0n) is 9.66. The van der Waals surface area contributed by atoms with Crippen LogP contribution in [-0.4, -0.2) is 11.5 Å². The van der Waals surface area contributed by atoms with E-state index in [9.17, 15) is 8.78 Å². The Hall–Kier alpha value is -2.17. The second-order valence-corrected chi connectivity index (χ2v) is 3.86. The largest absolute Gasteiger partial charge is 0.397 e. The molecule has 0 aliphatic heterocycles. The van der Waals surface area contributed by atoms with Crippen LogP contribution in [0.25, 0.3) is 0 Å². The Balaban J connectivity index is 2.01. The van der Waals surface area contributed by atoms with Gasteiger partial charge in [0.1, 0.15) is 0 Å². The van der Waals surface area contributed by atoms with Crippen LogP contribution >= 0.6 is 0 Å². The van der Waals surface area contributed by atoms with Crippen LogP contribution in [0, 0.1) is 11.6 Å². The molecule has 0 bridgehead atoms. The normalized spacial score (nSPS) is 10.3. The van der Waals surface area contributed by atoms with Gasteiger partial charge in [-0.2, -0.15) is 0 Å². The first-order valence-electron chi connectivity index (χ1n) is 5.54. The summed E-state index contributed by atoms with van der Waals surface area (Å²) in [6.45, 7) is 0.455. The zero-order valence-corrected chi connectivity index (χ0v) is 9.66. The molecule has 2 aromatic rings. The second kappa shape index (κ2) is 5.44. The lowest BCUT2D eigenvalue weighted by molar-refractivity contribution is 0.511. The molecule has 0 aliphatic rings. The maximum absolute atomic E-state index is 13.5. The smallest absolute Gasteiger partial charge is 0.183 e. The fourth-order valence-electron chi connectivity index (χ4n) is 1.62. The van der Waals surface area contributed by atoms with Gasteiger partial charge in [0.2, 0.25) is 0 Å². The van der Waals surface area contributed by atoms with E-state index in [2.05, 4.69) is 10.3 Å². The predicted molar refractivity (Wildman–Crippen MR) is 67.2 cm³/mol. The molecule has 1 heterocycles. The molecule has 1 aromatic heterocycles. The topological polar surface area (TPSA) is 50.9 Å². The van der Waals surface area contributed by atoms with E-state index >= 15 is 0 Å². The number of halogens is 2. The average molecular weight is 249 g/mol. The quantitative estimate of drug-likeness (QED) is 0.819. The monoisotopic (exact) mass is 249 g/mol. The Morgan fingerprint density at radius 3 is 2.78 bits per heavy atom. The van der Waals surface area contributed by atoms with Crippen molar-refractivity contribution in [3.05, 3.63) is 53.9 Å². The first kappa shape index (κ1) is 12.3. The van der Waals surface area contributed by atoms with Crippen molar-refractivity contribution in [2.24, 2.45) is 0 Å².